The van der Waals surface area contributed by atoms with Gasteiger partial charge >= 0.3 is 11.9 Å². The third-order valence-corrected chi connectivity index (χ3v) is 6.08. The average molecular weight is 445 g/mol. The Bertz CT molecular complexity index is 1090. The second-order valence-corrected chi connectivity index (χ2v) is 8.44. The zero-order valence-corrected chi connectivity index (χ0v) is 18.2. The summed E-state index contributed by atoms with van der Waals surface area (Å²) < 4.78 is 21.9. The molecule has 0 unspecified atom stereocenters. The van der Waals surface area contributed by atoms with Crippen LogP contribution in [-0.2, 0) is 9.53 Å². The molecule has 0 bridgehead atoms. The van der Waals surface area contributed by atoms with E-state index in [1.54, 1.807) is 10.6 Å². The molecule has 172 valence electrons. The van der Waals surface area contributed by atoms with E-state index >= 15 is 4.39 Å². The first kappa shape index (κ1) is 22.3. The second kappa shape index (κ2) is 9.28. The summed E-state index contributed by atoms with van der Waals surface area (Å²) in [4.78, 5) is 39.9. The van der Waals surface area contributed by atoms with Crippen molar-refractivity contribution in [2.75, 3.05) is 44.2 Å². The molecular weight excluding hydrogens is 417 g/mol. The van der Waals surface area contributed by atoms with E-state index in [9.17, 15) is 19.5 Å². The van der Waals surface area contributed by atoms with Gasteiger partial charge in [0, 0.05) is 50.3 Å². The standard InChI is InChI=1S/C23H28FN3O5/c1-2-11-32-21(28)5-6-25-7-9-26(10-8-25)20-13-19-16(12-18(20)24)22(29)17(23(30)31)14-27(19)15-3-4-15/h12-15H,2-11H2,1H3,(H,30,31). The lowest BCUT2D eigenvalue weighted by Crippen LogP contribution is -2.47. The quantitative estimate of drug-likeness (QED) is 0.625. The topological polar surface area (TPSA) is 92.1 Å². The van der Waals surface area contributed by atoms with Gasteiger partial charge in [0.05, 0.1) is 24.2 Å². The van der Waals surface area contributed by atoms with E-state index in [0.29, 0.717) is 57.0 Å². The summed E-state index contributed by atoms with van der Waals surface area (Å²) in [5.41, 5.74) is -0.00589. The summed E-state index contributed by atoms with van der Waals surface area (Å²) in [5.74, 6) is -2.03. The number of carboxylic acids is 1. The highest BCUT2D eigenvalue weighted by molar-refractivity contribution is 5.93. The van der Waals surface area contributed by atoms with Gasteiger partial charge in [-0.25, -0.2) is 9.18 Å². The van der Waals surface area contributed by atoms with E-state index in [1.807, 2.05) is 11.8 Å². The molecule has 32 heavy (non-hydrogen) atoms. The number of piperazine rings is 1. The molecule has 1 aromatic carbocycles. The third-order valence-electron chi connectivity index (χ3n) is 6.08. The fourth-order valence-electron chi connectivity index (χ4n) is 4.16. The monoisotopic (exact) mass is 445 g/mol. The van der Waals surface area contributed by atoms with Crippen LogP contribution in [0.1, 0.15) is 49.0 Å². The van der Waals surface area contributed by atoms with E-state index < -0.39 is 17.2 Å². The first-order valence-corrected chi connectivity index (χ1v) is 11.1. The lowest BCUT2D eigenvalue weighted by molar-refractivity contribution is -0.144. The number of esters is 1. The van der Waals surface area contributed by atoms with E-state index in [4.69, 9.17) is 4.74 Å². The number of aromatic carboxylic acids is 1. The number of ether oxygens (including phenoxy) is 1. The van der Waals surface area contributed by atoms with Crippen molar-refractivity contribution < 1.29 is 23.8 Å². The fraction of sp³-hybridized carbons (Fsp3) is 0.522. The molecule has 1 aromatic heterocycles. The Kier molecular flexibility index (Phi) is 6.45. The van der Waals surface area contributed by atoms with E-state index in [0.717, 1.165) is 19.3 Å². The number of benzene rings is 1. The minimum Gasteiger partial charge on any atom is -0.477 e. The van der Waals surface area contributed by atoms with Gasteiger partial charge in [0.2, 0.25) is 5.43 Å². The molecule has 4 rings (SSSR count). The normalized spacial score (nSPS) is 17.0. The molecule has 8 nitrogen and oxygen atoms in total. The molecule has 2 fully saturated rings. The highest BCUT2D eigenvalue weighted by atomic mass is 19.1. The molecule has 1 aliphatic carbocycles. The van der Waals surface area contributed by atoms with Gasteiger partial charge in [0.25, 0.3) is 0 Å². The second-order valence-electron chi connectivity index (χ2n) is 8.44. The molecule has 2 aromatic rings. The average Bonchev–Trinajstić information content (AvgIpc) is 3.62. The van der Waals surface area contributed by atoms with Crippen molar-refractivity contribution in [2.45, 2.75) is 38.6 Å². The van der Waals surface area contributed by atoms with Crippen molar-refractivity contribution in [1.29, 1.82) is 0 Å². The largest absolute Gasteiger partial charge is 0.477 e. The number of rotatable bonds is 8. The van der Waals surface area contributed by atoms with Crippen LogP contribution in [0.5, 0.6) is 0 Å². The van der Waals surface area contributed by atoms with Crippen LogP contribution in [0.15, 0.2) is 23.1 Å². The Morgan fingerprint density at radius 3 is 2.53 bits per heavy atom. The minimum atomic E-state index is -1.30. The summed E-state index contributed by atoms with van der Waals surface area (Å²) in [6.45, 7) is 5.55. The molecule has 1 saturated carbocycles. The van der Waals surface area contributed by atoms with Gasteiger partial charge in [-0.1, -0.05) is 6.92 Å². The van der Waals surface area contributed by atoms with Crippen LogP contribution < -0.4 is 10.3 Å². The summed E-state index contributed by atoms with van der Waals surface area (Å²) in [6.07, 6.45) is 4.34. The number of carbonyl (C=O) groups excluding carboxylic acids is 1. The van der Waals surface area contributed by atoms with Crippen LogP contribution in [0.25, 0.3) is 10.9 Å². The van der Waals surface area contributed by atoms with Gasteiger partial charge < -0.3 is 19.3 Å². The van der Waals surface area contributed by atoms with Crippen LogP contribution in [0.3, 0.4) is 0 Å². The zero-order chi connectivity index (χ0) is 22.8. The van der Waals surface area contributed by atoms with Crippen LogP contribution in [0.4, 0.5) is 10.1 Å². The van der Waals surface area contributed by atoms with Crippen LogP contribution in [0, 0.1) is 5.82 Å². The molecule has 0 atom stereocenters. The van der Waals surface area contributed by atoms with Gasteiger partial charge in [0.15, 0.2) is 0 Å². The van der Waals surface area contributed by atoms with Gasteiger partial charge in [0.1, 0.15) is 11.4 Å². The maximum Gasteiger partial charge on any atom is 0.341 e. The highest BCUT2D eigenvalue weighted by Crippen LogP contribution is 2.38. The molecular formula is C23H28FN3O5. The smallest absolute Gasteiger partial charge is 0.341 e. The number of nitrogens with zero attached hydrogens (tertiary/aromatic N) is 3. The Morgan fingerprint density at radius 2 is 1.91 bits per heavy atom. The zero-order valence-electron chi connectivity index (χ0n) is 18.2. The number of carbonyl (C=O) groups is 2. The number of halogens is 1. The van der Waals surface area contributed by atoms with Gasteiger partial charge in [-0.15, -0.1) is 0 Å². The van der Waals surface area contributed by atoms with Gasteiger partial charge in [-0.05, 0) is 31.4 Å². The molecule has 0 radical (unpaired) electrons. The Hall–Kier alpha value is -2.94. The third kappa shape index (κ3) is 4.62. The first-order chi connectivity index (χ1) is 15.4. The maximum absolute atomic E-state index is 15.0. The molecule has 1 saturated heterocycles. The number of carboxylic acid groups (broad SMARTS) is 1. The predicted molar refractivity (Wildman–Crippen MR) is 118 cm³/mol. The first-order valence-electron chi connectivity index (χ1n) is 11.1. The summed E-state index contributed by atoms with van der Waals surface area (Å²) >= 11 is 0. The number of pyridine rings is 1. The number of aromatic nitrogens is 1. The predicted octanol–water partition coefficient (Wildman–Crippen LogP) is 2.64. The van der Waals surface area contributed by atoms with E-state index in [-0.39, 0.29) is 23.0 Å². The summed E-state index contributed by atoms with van der Waals surface area (Å²) in [6, 6.07) is 2.99. The Balaban J connectivity index is 1.52. The SMILES string of the molecule is CCCOC(=O)CCN1CCN(c2cc3c(cc2F)c(=O)c(C(=O)O)cn3C2CC2)CC1. The Labute approximate surface area is 185 Å². The molecule has 1 N–H and O–H groups in total. The van der Waals surface area contributed by atoms with Crippen molar-refractivity contribution >= 4 is 28.5 Å². The molecule has 1 aliphatic heterocycles. The highest BCUT2D eigenvalue weighted by Gasteiger charge is 2.28. The fourth-order valence-corrected chi connectivity index (χ4v) is 4.16. The molecule has 2 heterocycles. The van der Waals surface area contributed by atoms with Crippen LogP contribution in [0.2, 0.25) is 0 Å². The number of fused-ring (bicyclic) bond motifs is 1. The molecule has 0 amide bonds. The lowest BCUT2D eigenvalue weighted by atomic mass is 10.1. The van der Waals surface area contributed by atoms with Gasteiger partial charge in [-0.2, -0.15) is 0 Å². The van der Waals surface area contributed by atoms with Crippen molar-refractivity contribution in [1.82, 2.24) is 9.47 Å². The number of hydrogen-bond donors (Lipinski definition) is 1. The lowest BCUT2D eigenvalue weighted by Gasteiger charge is -2.36. The van der Waals surface area contributed by atoms with Crippen molar-refractivity contribution in [3.05, 3.63) is 39.9 Å². The maximum atomic E-state index is 15.0. The molecule has 0 spiro atoms. The molecule has 9 heteroatoms. The van der Waals surface area contributed by atoms with E-state index in [2.05, 4.69) is 4.90 Å². The van der Waals surface area contributed by atoms with Crippen LogP contribution >= 0.6 is 0 Å². The molecule has 2 aliphatic rings. The van der Waals surface area contributed by atoms with Crippen molar-refractivity contribution in [3.8, 4) is 0 Å². The van der Waals surface area contributed by atoms with Crippen molar-refractivity contribution in [2.24, 2.45) is 0 Å². The van der Waals surface area contributed by atoms with E-state index in [1.165, 1.54) is 12.3 Å². The number of hydrogen-bond acceptors (Lipinski definition) is 6. The Morgan fingerprint density at radius 1 is 1.19 bits per heavy atom. The van der Waals surface area contributed by atoms with Crippen molar-refractivity contribution in [3.63, 3.8) is 0 Å². The summed E-state index contributed by atoms with van der Waals surface area (Å²) in [5, 5.41) is 9.48. The minimum absolute atomic E-state index is 0.0993. The number of anilines is 1. The summed E-state index contributed by atoms with van der Waals surface area (Å²) in [7, 11) is 0. The van der Waals surface area contributed by atoms with Gasteiger partial charge in [-0.3, -0.25) is 14.5 Å². The van der Waals surface area contributed by atoms with Crippen LogP contribution in [-0.4, -0.2) is 65.8 Å².